The molecule has 0 aromatic heterocycles. The Hall–Kier alpha value is -2.70. The van der Waals surface area contributed by atoms with Crippen molar-refractivity contribution in [2.75, 3.05) is 0 Å². The number of ether oxygens (including phenoxy) is 1. The van der Waals surface area contributed by atoms with E-state index in [4.69, 9.17) is 0 Å². The molecule has 2 aliphatic rings. The molecule has 4 atom stereocenters. The number of fused-ring (bicyclic) bond motifs is 1. The highest BCUT2D eigenvalue weighted by atomic mass is 16.6. The van der Waals surface area contributed by atoms with Gasteiger partial charge in [-0.2, -0.15) is 0 Å². The van der Waals surface area contributed by atoms with Gasteiger partial charge in [0.2, 0.25) is 0 Å². The second kappa shape index (κ2) is 8.79. The lowest BCUT2D eigenvalue weighted by molar-refractivity contribution is -0.154. The number of carbonyl (C=O) groups excluding carboxylic acids is 4. The van der Waals surface area contributed by atoms with Crippen LogP contribution in [0.1, 0.15) is 64.3 Å². The van der Waals surface area contributed by atoms with Crippen LogP contribution in [0.3, 0.4) is 0 Å². The van der Waals surface area contributed by atoms with Crippen molar-refractivity contribution in [1.29, 1.82) is 0 Å². The van der Waals surface area contributed by atoms with Crippen LogP contribution in [0.2, 0.25) is 0 Å². The first-order chi connectivity index (χ1) is 10.8. The maximum absolute atomic E-state index is 12.8. The summed E-state index contributed by atoms with van der Waals surface area (Å²) in [6.45, 7) is 2.92. The number of phenolic OH excluding ortho intramolecular Hbond substituents is 2. The number of benzene rings is 1. The molecule has 3 rings (SSSR count). The van der Waals surface area contributed by atoms with E-state index in [9.17, 15) is 29.4 Å². The van der Waals surface area contributed by atoms with Crippen molar-refractivity contribution in [2.24, 2.45) is 23.7 Å². The van der Waals surface area contributed by atoms with Crippen LogP contribution in [0.5, 0.6) is 11.5 Å². The van der Waals surface area contributed by atoms with Crippen LogP contribution in [0, 0.1) is 23.7 Å². The van der Waals surface area contributed by atoms with Gasteiger partial charge in [-0.25, -0.2) is 0 Å². The fraction of sp³-hybridized carbons (Fsp3) is 0.500. The normalized spacial score (nSPS) is 25.9. The molecule has 0 spiro atoms. The van der Waals surface area contributed by atoms with E-state index in [-0.39, 0.29) is 40.8 Å². The van der Waals surface area contributed by atoms with Gasteiger partial charge >= 0.3 is 11.9 Å². The molecule has 1 aliphatic heterocycles. The zero-order chi connectivity index (χ0) is 17.0. The van der Waals surface area contributed by atoms with Gasteiger partial charge in [0, 0.05) is 11.8 Å². The number of rotatable bonds is 1. The lowest BCUT2D eigenvalue weighted by Crippen LogP contribution is -2.42. The minimum Gasteiger partial charge on any atom is -0.507 e. The molecule has 152 valence electrons. The molecule has 7 nitrogen and oxygen atoms in total. The minimum absolute atomic E-state index is 0. The monoisotopic (exact) mass is 382 g/mol. The molecule has 1 fully saturated rings. The summed E-state index contributed by atoms with van der Waals surface area (Å²) in [5.41, 5.74) is -0.554. The zero-order valence-electron chi connectivity index (χ0n) is 12.4. The largest absolute Gasteiger partial charge is 0.507 e. The quantitative estimate of drug-likeness (QED) is 0.433. The summed E-state index contributed by atoms with van der Waals surface area (Å²) in [5.74, 6) is -7.61. The number of Topliss-reactive ketones (excluding diaryl/α,β-unsaturated/α-hetero) is 2. The van der Waals surface area contributed by atoms with Crippen LogP contribution in [0.25, 0.3) is 0 Å². The third-order valence-electron chi connectivity index (χ3n) is 4.68. The lowest BCUT2D eigenvalue weighted by atomic mass is 9.66. The second-order valence-corrected chi connectivity index (χ2v) is 5.95. The highest BCUT2D eigenvalue weighted by Gasteiger charge is 2.54. The molecule has 1 heterocycles. The Morgan fingerprint density at radius 2 is 1.15 bits per heavy atom. The Balaban J connectivity index is 0. The van der Waals surface area contributed by atoms with Crippen molar-refractivity contribution in [3.8, 4) is 11.5 Å². The first-order valence-electron chi connectivity index (χ1n) is 7.14. The Morgan fingerprint density at radius 1 is 0.704 bits per heavy atom. The van der Waals surface area contributed by atoms with Crippen LogP contribution < -0.4 is 0 Å². The van der Waals surface area contributed by atoms with Crippen LogP contribution >= 0.6 is 0 Å². The molecule has 1 aromatic rings. The molecule has 0 saturated carbocycles. The number of hydrogen-bond acceptors (Lipinski definition) is 7. The number of ketones is 2. The molecule has 1 aromatic carbocycles. The Labute approximate surface area is 160 Å². The number of esters is 2. The van der Waals surface area contributed by atoms with Crippen molar-refractivity contribution in [1.82, 2.24) is 0 Å². The van der Waals surface area contributed by atoms with Crippen molar-refractivity contribution < 1.29 is 34.1 Å². The minimum atomic E-state index is -1.11. The van der Waals surface area contributed by atoms with Crippen LogP contribution in [0.4, 0.5) is 0 Å². The number of carbonyl (C=O) groups is 4. The number of cyclic esters (lactones) is 2. The van der Waals surface area contributed by atoms with Gasteiger partial charge in [-0.05, 0) is 12.1 Å². The van der Waals surface area contributed by atoms with E-state index in [1.165, 1.54) is 13.8 Å². The average Bonchev–Trinajstić information content (AvgIpc) is 2.74. The predicted octanol–water partition coefficient (Wildman–Crippen LogP) is 3.61. The predicted molar refractivity (Wildman–Crippen MR) is 102 cm³/mol. The molecule has 0 amide bonds. The summed E-state index contributed by atoms with van der Waals surface area (Å²) in [4.78, 5) is 48.8. The molecule has 0 bridgehead atoms. The summed E-state index contributed by atoms with van der Waals surface area (Å²) in [6, 6.07) is 2.23. The fourth-order valence-corrected chi connectivity index (χ4v) is 3.41. The summed E-state index contributed by atoms with van der Waals surface area (Å²) >= 11 is 0. The van der Waals surface area contributed by atoms with Gasteiger partial charge in [0.1, 0.15) is 11.5 Å². The van der Waals surface area contributed by atoms with Gasteiger partial charge < -0.3 is 14.9 Å². The van der Waals surface area contributed by atoms with Crippen molar-refractivity contribution in [3.05, 3.63) is 23.3 Å². The molecule has 2 N–H and O–H groups in total. The Bertz CT molecular complexity index is 766. The van der Waals surface area contributed by atoms with Gasteiger partial charge in [0.05, 0.1) is 23.0 Å². The zero-order valence-corrected chi connectivity index (χ0v) is 12.4. The molecule has 4 unspecified atom stereocenters. The van der Waals surface area contributed by atoms with E-state index in [1.54, 1.807) is 0 Å². The third-order valence-corrected chi connectivity index (χ3v) is 4.68. The van der Waals surface area contributed by atoms with Gasteiger partial charge in [0.25, 0.3) is 0 Å². The SMILES string of the molecule is C.C.C.C.CC1C(=O)OC(=O)C1C1C(=O)c2c(O)ccc(O)c2C(=O)C1C. The highest BCUT2D eigenvalue weighted by Crippen LogP contribution is 2.45. The van der Waals surface area contributed by atoms with E-state index in [2.05, 4.69) is 4.74 Å². The average molecular weight is 382 g/mol. The van der Waals surface area contributed by atoms with E-state index in [1.807, 2.05) is 0 Å². The number of aromatic hydroxyl groups is 2. The van der Waals surface area contributed by atoms with E-state index < -0.39 is 58.7 Å². The molecule has 0 radical (unpaired) electrons. The van der Waals surface area contributed by atoms with Gasteiger partial charge in [-0.15, -0.1) is 0 Å². The molecule has 27 heavy (non-hydrogen) atoms. The topological polar surface area (TPSA) is 118 Å². The first kappa shape index (κ1) is 26.5. The fourth-order valence-electron chi connectivity index (χ4n) is 3.41. The van der Waals surface area contributed by atoms with Crippen LogP contribution in [-0.4, -0.2) is 33.7 Å². The van der Waals surface area contributed by atoms with E-state index >= 15 is 0 Å². The Morgan fingerprint density at radius 3 is 1.56 bits per heavy atom. The lowest BCUT2D eigenvalue weighted by Gasteiger charge is -2.32. The molecule has 1 saturated heterocycles. The standard InChI is InChI=1S/C16H14O7.4CH4/c1-5-9(10-6(2)15(21)23-16(10)22)14(20)12-8(18)4-3-7(17)11(12)13(5)19;;;;/h3-6,9-10,17-18H,1-2H3;4*1H4. The first-order valence-corrected chi connectivity index (χ1v) is 7.14. The smallest absolute Gasteiger partial charge is 0.318 e. The van der Waals surface area contributed by atoms with Crippen molar-refractivity contribution >= 4 is 23.5 Å². The van der Waals surface area contributed by atoms with Crippen LogP contribution in [-0.2, 0) is 14.3 Å². The van der Waals surface area contributed by atoms with E-state index in [0.29, 0.717) is 0 Å². The second-order valence-electron chi connectivity index (χ2n) is 5.95. The summed E-state index contributed by atoms with van der Waals surface area (Å²) in [7, 11) is 0. The molecule has 1 aliphatic carbocycles. The molecular weight excluding hydrogens is 352 g/mol. The summed E-state index contributed by atoms with van der Waals surface area (Å²) in [5, 5.41) is 19.8. The highest BCUT2D eigenvalue weighted by molar-refractivity contribution is 6.19. The van der Waals surface area contributed by atoms with E-state index in [0.717, 1.165) is 12.1 Å². The van der Waals surface area contributed by atoms with Crippen molar-refractivity contribution in [2.45, 2.75) is 43.6 Å². The summed E-state index contributed by atoms with van der Waals surface area (Å²) < 4.78 is 4.56. The summed E-state index contributed by atoms with van der Waals surface area (Å²) in [6.07, 6.45) is 0. The maximum atomic E-state index is 12.8. The molecule has 7 heteroatoms. The maximum Gasteiger partial charge on any atom is 0.318 e. The Kier molecular flexibility index (Phi) is 8.64. The molecular formula is C20H30O7. The van der Waals surface area contributed by atoms with Gasteiger partial charge in [-0.3, -0.25) is 19.2 Å². The van der Waals surface area contributed by atoms with Crippen molar-refractivity contribution in [3.63, 3.8) is 0 Å². The van der Waals surface area contributed by atoms with Crippen LogP contribution in [0.15, 0.2) is 12.1 Å². The van der Waals surface area contributed by atoms with Gasteiger partial charge in [-0.1, -0.05) is 43.6 Å². The third kappa shape index (κ3) is 3.59. The van der Waals surface area contributed by atoms with Gasteiger partial charge in [0.15, 0.2) is 11.6 Å². The number of hydrogen-bond donors (Lipinski definition) is 2. The number of phenols is 2.